The van der Waals surface area contributed by atoms with Gasteiger partial charge in [-0.15, -0.1) is 0 Å². The van der Waals surface area contributed by atoms with Gasteiger partial charge in [0.1, 0.15) is 12.4 Å². The number of ether oxygens (including phenoxy) is 2. The molecule has 0 aliphatic carbocycles. The Hall–Kier alpha value is -1.06. The molecule has 1 unspecified atom stereocenters. The number of methoxy groups -OCH3 is 1. The molecule has 1 aromatic rings. The van der Waals surface area contributed by atoms with Gasteiger partial charge in [0.15, 0.2) is 0 Å². The largest absolute Gasteiger partial charge is 0.491 e. The van der Waals surface area contributed by atoms with Crippen molar-refractivity contribution in [1.29, 1.82) is 0 Å². The van der Waals surface area contributed by atoms with Crippen LogP contribution >= 0.6 is 0 Å². The number of benzene rings is 1. The molecule has 0 radical (unpaired) electrons. The summed E-state index contributed by atoms with van der Waals surface area (Å²) in [5.41, 5.74) is 7.27. The molecular formula is C14H23NO2. The van der Waals surface area contributed by atoms with E-state index in [0.717, 1.165) is 17.7 Å². The smallest absolute Gasteiger partial charge is 0.124 e. The maximum atomic E-state index is 6.19. The maximum absolute atomic E-state index is 6.19. The van der Waals surface area contributed by atoms with Gasteiger partial charge in [0.25, 0.3) is 0 Å². The highest BCUT2D eigenvalue weighted by molar-refractivity contribution is 5.35. The predicted octanol–water partition coefficient (Wildman–Crippen LogP) is 2.76. The molecule has 0 saturated heterocycles. The third kappa shape index (κ3) is 4.75. The van der Waals surface area contributed by atoms with E-state index in [4.69, 9.17) is 15.2 Å². The first-order chi connectivity index (χ1) is 8.15. The Kier molecular flexibility index (Phi) is 6.01. The number of hydrogen-bond donors (Lipinski definition) is 1. The molecule has 3 heteroatoms. The van der Waals surface area contributed by atoms with E-state index in [1.807, 2.05) is 24.3 Å². The monoisotopic (exact) mass is 237 g/mol. The summed E-state index contributed by atoms with van der Waals surface area (Å²) < 4.78 is 10.6. The number of rotatable bonds is 7. The van der Waals surface area contributed by atoms with Crippen LogP contribution in [0.15, 0.2) is 24.3 Å². The zero-order chi connectivity index (χ0) is 12.7. The summed E-state index contributed by atoms with van der Waals surface area (Å²) in [6, 6.07) is 8.00. The minimum absolute atomic E-state index is 0.0359. The average Bonchev–Trinajstić information content (AvgIpc) is 2.29. The molecule has 0 spiro atoms. The van der Waals surface area contributed by atoms with Crippen molar-refractivity contribution in [2.75, 3.05) is 20.3 Å². The highest BCUT2D eigenvalue weighted by Gasteiger charge is 2.13. The Labute approximate surface area is 104 Å². The summed E-state index contributed by atoms with van der Waals surface area (Å²) in [4.78, 5) is 0. The Morgan fingerprint density at radius 3 is 2.53 bits per heavy atom. The normalized spacial score (nSPS) is 12.8. The number of hydrogen-bond acceptors (Lipinski definition) is 3. The van der Waals surface area contributed by atoms with E-state index in [-0.39, 0.29) is 6.04 Å². The van der Waals surface area contributed by atoms with Crippen molar-refractivity contribution in [2.24, 2.45) is 11.7 Å². The van der Waals surface area contributed by atoms with E-state index >= 15 is 0 Å². The quantitative estimate of drug-likeness (QED) is 0.742. The SMILES string of the molecule is COCCOc1ccccc1C(N)CC(C)C. The minimum Gasteiger partial charge on any atom is -0.491 e. The third-order valence-corrected chi connectivity index (χ3v) is 2.59. The van der Waals surface area contributed by atoms with Gasteiger partial charge in [0, 0.05) is 18.7 Å². The summed E-state index contributed by atoms with van der Waals surface area (Å²) in [6.07, 6.45) is 0.963. The van der Waals surface area contributed by atoms with Gasteiger partial charge in [-0.1, -0.05) is 32.0 Å². The van der Waals surface area contributed by atoms with E-state index < -0.39 is 0 Å². The van der Waals surface area contributed by atoms with Gasteiger partial charge in [0.05, 0.1) is 6.61 Å². The van der Waals surface area contributed by atoms with E-state index in [2.05, 4.69) is 13.8 Å². The summed E-state index contributed by atoms with van der Waals surface area (Å²) in [5.74, 6) is 1.45. The van der Waals surface area contributed by atoms with Gasteiger partial charge < -0.3 is 15.2 Å². The van der Waals surface area contributed by atoms with Crippen LogP contribution in [0.3, 0.4) is 0 Å². The molecule has 0 bridgehead atoms. The summed E-state index contributed by atoms with van der Waals surface area (Å²) >= 11 is 0. The molecule has 1 rings (SSSR count). The number of nitrogens with two attached hydrogens (primary N) is 1. The molecule has 0 aliphatic heterocycles. The molecule has 0 fully saturated rings. The van der Waals surface area contributed by atoms with Gasteiger partial charge >= 0.3 is 0 Å². The lowest BCUT2D eigenvalue weighted by atomic mass is 9.97. The molecule has 96 valence electrons. The highest BCUT2D eigenvalue weighted by Crippen LogP contribution is 2.27. The Morgan fingerprint density at radius 2 is 1.88 bits per heavy atom. The second kappa shape index (κ2) is 7.30. The Morgan fingerprint density at radius 1 is 1.18 bits per heavy atom. The highest BCUT2D eigenvalue weighted by atomic mass is 16.5. The lowest BCUT2D eigenvalue weighted by Crippen LogP contribution is -2.15. The second-order valence-corrected chi connectivity index (χ2v) is 4.62. The van der Waals surface area contributed by atoms with Gasteiger partial charge in [-0.25, -0.2) is 0 Å². The molecule has 3 nitrogen and oxygen atoms in total. The molecule has 0 saturated carbocycles. The van der Waals surface area contributed by atoms with Crippen molar-refractivity contribution in [1.82, 2.24) is 0 Å². The second-order valence-electron chi connectivity index (χ2n) is 4.62. The van der Waals surface area contributed by atoms with E-state index in [1.54, 1.807) is 7.11 Å². The molecule has 0 heterocycles. The third-order valence-electron chi connectivity index (χ3n) is 2.59. The van der Waals surface area contributed by atoms with Crippen LogP contribution in [0.2, 0.25) is 0 Å². The van der Waals surface area contributed by atoms with Crippen molar-refractivity contribution in [3.63, 3.8) is 0 Å². The topological polar surface area (TPSA) is 44.5 Å². The first-order valence-corrected chi connectivity index (χ1v) is 6.11. The van der Waals surface area contributed by atoms with E-state index in [9.17, 15) is 0 Å². The van der Waals surface area contributed by atoms with Crippen LogP contribution in [0, 0.1) is 5.92 Å². The fourth-order valence-corrected chi connectivity index (χ4v) is 1.79. The molecule has 1 atom stereocenters. The lowest BCUT2D eigenvalue weighted by molar-refractivity contribution is 0.145. The first kappa shape index (κ1) is 14.0. The fourth-order valence-electron chi connectivity index (χ4n) is 1.79. The molecule has 0 aliphatic rings. The minimum atomic E-state index is 0.0359. The van der Waals surface area contributed by atoms with Gasteiger partial charge in [-0.2, -0.15) is 0 Å². The lowest BCUT2D eigenvalue weighted by Gasteiger charge is -2.18. The molecule has 1 aromatic carbocycles. The molecular weight excluding hydrogens is 214 g/mol. The molecule has 17 heavy (non-hydrogen) atoms. The van der Waals surface area contributed by atoms with Crippen LogP contribution in [0.1, 0.15) is 31.9 Å². The molecule has 2 N–H and O–H groups in total. The van der Waals surface area contributed by atoms with Crippen LogP contribution in [-0.4, -0.2) is 20.3 Å². The first-order valence-electron chi connectivity index (χ1n) is 6.11. The van der Waals surface area contributed by atoms with Crippen molar-refractivity contribution in [3.8, 4) is 5.75 Å². The van der Waals surface area contributed by atoms with Crippen LogP contribution in [0.5, 0.6) is 5.75 Å². The average molecular weight is 237 g/mol. The van der Waals surface area contributed by atoms with Crippen molar-refractivity contribution in [3.05, 3.63) is 29.8 Å². The zero-order valence-corrected chi connectivity index (χ0v) is 11.0. The standard InChI is InChI=1S/C14H23NO2/c1-11(2)10-13(15)12-6-4-5-7-14(12)17-9-8-16-3/h4-7,11,13H,8-10,15H2,1-3H3. The zero-order valence-electron chi connectivity index (χ0n) is 11.0. The Balaban J connectivity index is 2.69. The number of para-hydroxylation sites is 1. The fraction of sp³-hybridized carbons (Fsp3) is 0.571. The van der Waals surface area contributed by atoms with Crippen molar-refractivity contribution >= 4 is 0 Å². The molecule has 0 aromatic heterocycles. The summed E-state index contributed by atoms with van der Waals surface area (Å²) in [7, 11) is 1.67. The summed E-state index contributed by atoms with van der Waals surface area (Å²) in [5, 5.41) is 0. The van der Waals surface area contributed by atoms with E-state index in [0.29, 0.717) is 19.1 Å². The van der Waals surface area contributed by atoms with Crippen molar-refractivity contribution < 1.29 is 9.47 Å². The van der Waals surface area contributed by atoms with Gasteiger partial charge in [-0.05, 0) is 18.4 Å². The van der Waals surface area contributed by atoms with Gasteiger partial charge in [0.2, 0.25) is 0 Å². The van der Waals surface area contributed by atoms with Crippen LogP contribution in [0.4, 0.5) is 0 Å². The van der Waals surface area contributed by atoms with E-state index in [1.165, 1.54) is 0 Å². The maximum Gasteiger partial charge on any atom is 0.124 e. The Bertz CT molecular complexity index is 326. The van der Waals surface area contributed by atoms with Crippen LogP contribution in [-0.2, 0) is 4.74 Å². The molecule has 0 amide bonds. The predicted molar refractivity (Wildman–Crippen MR) is 70.2 cm³/mol. The van der Waals surface area contributed by atoms with Crippen molar-refractivity contribution in [2.45, 2.75) is 26.3 Å². The van der Waals surface area contributed by atoms with Crippen LogP contribution < -0.4 is 10.5 Å². The van der Waals surface area contributed by atoms with Crippen LogP contribution in [0.25, 0.3) is 0 Å². The summed E-state index contributed by atoms with van der Waals surface area (Å²) in [6.45, 7) is 5.50. The van der Waals surface area contributed by atoms with Gasteiger partial charge in [-0.3, -0.25) is 0 Å².